The predicted molar refractivity (Wildman–Crippen MR) is 96.2 cm³/mol. The van der Waals surface area contributed by atoms with Gasteiger partial charge in [0.25, 0.3) is 0 Å². The lowest BCUT2D eigenvalue weighted by molar-refractivity contribution is -0.131. The summed E-state index contributed by atoms with van der Waals surface area (Å²) >= 11 is 0. The zero-order valence-electron chi connectivity index (χ0n) is 14.5. The minimum Gasteiger partial charge on any atom is -0.508 e. The van der Waals surface area contributed by atoms with Crippen LogP contribution in [0.5, 0.6) is 17.2 Å². The summed E-state index contributed by atoms with van der Waals surface area (Å²) in [7, 11) is 0. The van der Waals surface area contributed by atoms with Crippen molar-refractivity contribution in [1.29, 1.82) is 0 Å². The van der Waals surface area contributed by atoms with Gasteiger partial charge in [0.2, 0.25) is 0 Å². The third-order valence-corrected chi connectivity index (χ3v) is 4.08. The SMILES string of the molecule is CC(=O)Oc1c(C(C)C)n(Cc2cccc(O)c2)c2ccc(O)cc12. The molecule has 1 heterocycles. The Balaban J connectivity index is 2.25. The van der Waals surface area contributed by atoms with E-state index in [0.29, 0.717) is 17.7 Å². The van der Waals surface area contributed by atoms with E-state index in [1.165, 1.54) is 6.92 Å². The van der Waals surface area contributed by atoms with Gasteiger partial charge in [-0.3, -0.25) is 4.79 Å². The second-order valence-corrected chi connectivity index (χ2v) is 6.42. The lowest BCUT2D eigenvalue weighted by Crippen LogP contribution is -2.09. The van der Waals surface area contributed by atoms with Crippen molar-refractivity contribution in [3.8, 4) is 17.2 Å². The van der Waals surface area contributed by atoms with Gasteiger partial charge in [0, 0.05) is 18.9 Å². The molecule has 3 rings (SSSR count). The largest absolute Gasteiger partial charge is 0.508 e. The van der Waals surface area contributed by atoms with Crippen LogP contribution in [0.2, 0.25) is 0 Å². The maximum Gasteiger partial charge on any atom is 0.308 e. The second kappa shape index (κ2) is 6.51. The van der Waals surface area contributed by atoms with E-state index in [4.69, 9.17) is 4.74 Å². The van der Waals surface area contributed by atoms with Gasteiger partial charge in [0.15, 0.2) is 5.75 Å². The van der Waals surface area contributed by atoms with Crippen LogP contribution in [0.25, 0.3) is 10.9 Å². The fraction of sp³-hybridized carbons (Fsp3) is 0.250. The van der Waals surface area contributed by atoms with Crippen LogP contribution in [0.1, 0.15) is 37.9 Å². The Bertz CT molecular complexity index is 940. The molecule has 0 atom stereocenters. The third kappa shape index (κ3) is 3.31. The van der Waals surface area contributed by atoms with Crippen LogP contribution in [0.4, 0.5) is 0 Å². The van der Waals surface area contributed by atoms with Crippen LogP contribution in [0.3, 0.4) is 0 Å². The molecular formula is C20H21NO4. The van der Waals surface area contributed by atoms with E-state index in [2.05, 4.69) is 4.57 Å². The van der Waals surface area contributed by atoms with Crippen LogP contribution in [0.15, 0.2) is 42.5 Å². The molecule has 0 unspecified atom stereocenters. The minimum absolute atomic E-state index is 0.0983. The molecule has 0 aliphatic carbocycles. The van der Waals surface area contributed by atoms with Crippen molar-refractivity contribution in [3.63, 3.8) is 0 Å². The van der Waals surface area contributed by atoms with Gasteiger partial charge in [-0.15, -0.1) is 0 Å². The quantitative estimate of drug-likeness (QED) is 0.701. The highest BCUT2D eigenvalue weighted by atomic mass is 16.5. The number of ether oxygens (including phenoxy) is 1. The average Bonchev–Trinajstić information content (AvgIpc) is 2.80. The molecule has 2 aromatic carbocycles. The molecule has 2 N–H and O–H groups in total. The molecule has 0 aliphatic rings. The summed E-state index contributed by atoms with van der Waals surface area (Å²) < 4.78 is 7.56. The maximum absolute atomic E-state index is 11.6. The average molecular weight is 339 g/mol. The molecule has 0 radical (unpaired) electrons. The number of rotatable bonds is 4. The van der Waals surface area contributed by atoms with Crippen molar-refractivity contribution in [1.82, 2.24) is 4.57 Å². The molecule has 0 fully saturated rings. The number of esters is 1. The maximum atomic E-state index is 11.6. The smallest absolute Gasteiger partial charge is 0.308 e. The monoisotopic (exact) mass is 339 g/mol. The predicted octanol–water partition coefficient (Wildman–Crippen LogP) is 4.15. The number of hydrogen-bond donors (Lipinski definition) is 2. The molecule has 0 saturated heterocycles. The van der Waals surface area contributed by atoms with Gasteiger partial charge in [-0.05, 0) is 41.8 Å². The molecule has 0 saturated carbocycles. The molecular weight excluding hydrogens is 318 g/mol. The normalized spacial score (nSPS) is 11.2. The van der Waals surface area contributed by atoms with Gasteiger partial charge >= 0.3 is 5.97 Å². The number of aromatic nitrogens is 1. The Morgan fingerprint density at radius 1 is 1.12 bits per heavy atom. The molecule has 1 aromatic heterocycles. The number of hydrogen-bond acceptors (Lipinski definition) is 4. The highest BCUT2D eigenvalue weighted by molar-refractivity contribution is 5.92. The fourth-order valence-electron chi connectivity index (χ4n) is 3.16. The highest BCUT2D eigenvalue weighted by Crippen LogP contribution is 2.39. The van der Waals surface area contributed by atoms with Crippen LogP contribution >= 0.6 is 0 Å². The van der Waals surface area contributed by atoms with Crippen molar-refractivity contribution in [2.24, 2.45) is 0 Å². The second-order valence-electron chi connectivity index (χ2n) is 6.42. The van der Waals surface area contributed by atoms with Crippen LogP contribution in [-0.4, -0.2) is 20.7 Å². The standard InChI is InChI=1S/C20H21NO4/c1-12(2)19-20(25-13(3)22)17-10-16(24)7-8-18(17)21(19)11-14-5-4-6-15(23)9-14/h4-10,12,23-24H,11H2,1-3H3. The summed E-state index contributed by atoms with van der Waals surface area (Å²) in [5, 5.41) is 20.3. The minimum atomic E-state index is -0.401. The summed E-state index contributed by atoms with van der Waals surface area (Å²) in [5.41, 5.74) is 2.67. The summed E-state index contributed by atoms with van der Waals surface area (Å²) in [4.78, 5) is 11.6. The molecule has 0 amide bonds. The topological polar surface area (TPSA) is 71.7 Å². The first kappa shape index (κ1) is 16.9. The number of aromatic hydroxyl groups is 2. The number of phenols is 2. The van der Waals surface area contributed by atoms with E-state index < -0.39 is 5.97 Å². The molecule has 130 valence electrons. The van der Waals surface area contributed by atoms with Crippen molar-refractivity contribution in [2.45, 2.75) is 33.2 Å². The summed E-state index contributed by atoms with van der Waals surface area (Å²) in [6.45, 7) is 5.94. The van der Waals surface area contributed by atoms with Gasteiger partial charge < -0.3 is 19.5 Å². The molecule has 3 aromatic rings. The van der Waals surface area contributed by atoms with Crippen LogP contribution in [-0.2, 0) is 11.3 Å². The lowest BCUT2D eigenvalue weighted by atomic mass is 10.1. The van der Waals surface area contributed by atoms with E-state index in [1.54, 1.807) is 30.3 Å². The van der Waals surface area contributed by atoms with Gasteiger partial charge in [-0.25, -0.2) is 0 Å². The Labute approximate surface area is 146 Å². The summed E-state index contributed by atoms with van der Waals surface area (Å²) in [5.74, 6) is 0.500. The Hall–Kier alpha value is -2.95. The van der Waals surface area contributed by atoms with Crippen molar-refractivity contribution in [2.75, 3.05) is 0 Å². The number of nitrogens with zero attached hydrogens (tertiary/aromatic N) is 1. The molecule has 5 heteroatoms. The zero-order chi connectivity index (χ0) is 18.1. The van der Waals surface area contributed by atoms with E-state index in [1.807, 2.05) is 26.0 Å². The molecule has 0 aliphatic heterocycles. The third-order valence-electron chi connectivity index (χ3n) is 4.08. The van der Waals surface area contributed by atoms with Crippen LogP contribution < -0.4 is 4.74 Å². The summed E-state index contributed by atoms with van der Waals surface area (Å²) in [6.07, 6.45) is 0. The molecule has 0 spiro atoms. The molecule has 5 nitrogen and oxygen atoms in total. The Morgan fingerprint density at radius 3 is 2.48 bits per heavy atom. The number of fused-ring (bicyclic) bond motifs is 1. The number of benzene rings is 2. The van der Waals surface area contributed by atoms with Crippen molar-refractivity contribution >= 4 is 16.9 Å². The van der Waals surface area contributed by atoms with Gasteiger partial charge in [0.05, 0.1) is 11.2 Å². The first-order chi connectivity index (χ1) is 11.9. The van der Waals surface area contributed by atoms with Gasteiger partial charge in [0.1, 0.15) is 11.5 Å². The van der Waals surface area contributed by atoms with E-state index in [9.17, 15) is 15.0 Å². The Kier molecular flexibility index (Phi) is 4.40. The molecule has 25 heavy (non-hydrogen) atoms. The number of phenolic OH excluding ortho intramolecular Hbond substituents is 2. The number of carbonyl (C=O) groups excluding carboxylic acids is 1. The lowest BCUT2D eigenvalue weighted by Gasteiger charge is -2.15. The highest BCUT2D eigenvalue weighted by Gasteiger charge is 2.22. The van der Waals surface area contributed by atoms with Gasteiger partial charge in [-0.1, -0.05) is 26.0 Å². The fourth-order valence-corrected chi connectivity index (χ4v) is 3.16. The van der Waals surface area contributed by atoms with E-state index >= 15 is 0 Å². The van der Waals surface area contributed by atoms with Crippen molar-refractivity contribution in [3.05, 3.63) is 53.7 Å². The van der Waals surface area contributed by atoms with Crippen molar-refractivity contribution < 1.29 is 19.7 Å². The van der Waals surface area contributed by atoms with E-state index in [-0.39, 0.29) is 17.4 Å². The first-order valence-corrected chi connectivity index (χ1v) is 8.18. The number of carbonyl (C=O) groups is 1. The Morgan fingerprint density at radius 2 is 1.84 bits per heavy atom. The van der Waals surface area contributed by atoms with E-state index in [0.717, 1.165) is 16.8 Å². The molecule has 0 bridgehead atoms. The zero-order valence-corrected chi connectivity index (χ0v) is 14.5. The summed E-state index contributed by atoms with van der Waals surface area (Å²) in [6, 6.07) is 12.1. The van der Waals surface area contributed by atoms with Crippen LogP contribution in [0, 0.1) is 0 Å². The first-order valence-electron chi connectivity index (χ1n) is 8.18. The van der Waals surface area contributed by atoms with Gasteiger partial charge in [-0.2, -0.15) is 0 Å².